The van der Waals surface area contributed by atoms with Crippen LogP contribution < -0.4 is 10.5 Å². The number of ether oxygens (including phenoxy) is 1. The normalized spacial score (nSPS) is 16.5. The fourth-order valence-corrected chi connectivity index (χ4v) is 2.95. The molecule has 0 saturated heterocycles. The Morgan fingerprint density at radius 3 is 2.84 bits per heavy atom. The average molecular weight is 308 g/mol. The highest BCUT2D eigenvalue weighted by atomic mass is 35.5. The molecule has 6 nitrogen and oxygen atoms in total. The van der Waals surface area contributed by atoms with E-state index in [9.17, 15) is 8.42 Å². The largest absolute Gasteiger partial charge is 0.366 e. The van der Waals surface area contributed by atoms with Crippen molar-refractivity contribution in [2.24, 2.45) is 5.73 Å². The van der Waals surface area contributed by atoms with Gasteiger partial charge in [-0.25, -0.2) is 8.42 Å². The van der Waals surface area contributed by atoms with E-state index in [1.165, 1.54) is 7.11 Å². The van der Waals surface area contributed by atoms with Crippen LogP contribution >= 0.6 is 12.4 Å². The number of anilines is 1. The van der Waals surface area contributed by atoms with Crippen LogP contribution in [0.4, 0.5) is 5.69 Å². The summed E-state index contributed by atoms with van der Waals surface area (Å²) in [6.45, 7) is 0. The molecule has 2 rings (SSSR count). The highest BCUT2D eigenvalue weighted by molar-refractivity contribution is 7.93. The highest BCUT2D eigenvalue weighted by Crippen LogP contribution is 2.29. The molecule has 1 aliphatic rings. The number of hydrogen-bond acceptors (Lipinski definition) is 5. The second-order valence-corrected chi connectivity index (χ2v) is 6.32. The Bertz CT molecular complexity index is 520. The summed E-state index contributed by atoms with van der Waals surface area (Å²) in [7, 11) is -1.71. The summed E-state index contributed by atoms with van der Waals surface area (Å²) < 4.78 is 31.0. The number of sulfonamides is 1. The number of nitrogens with two attached hydrogens (primary N) is 1. The van der Waals surface area contributed by atoms with Crippen LogP contribution in [0.5, 0.6) is 0 Å². The first kappa shape index (κ1) is 16.2. The Hall–Kier alpha value is -0.890. The van der Waals surface area contributed by atoms with Crippen molar-refractivity contribution in [3.63, 3.8) is 0 Å². The van der Waals surface area contributed by atoms with Gasteiger partial charge in [-0.1, -0.05) is 0 Å². The molecule has 1 fully saturated rings. The van der Waals surface area contributed by atoms with E-state index in [1.807, 2.05) is 0 Å². The quantitative estimate of drug-likeness (QED) is 0.761. The Morgan fingerprint density at radius 1 is 1.58 bits per heavy atom. The maximum atomic E-state index is 11.8. The van der Waals surface area contributed by atoms with E-state index >= 15 is 0 Å². The summed E-state index contributed by atoms with van der Waals surface area (Å²) in [6.07, 6.45) is 3.04. The maximum Gasteiger partial charge on any atom is 0.235 e. The molecule has 108 valence electrons. The van der Waals surface area contributed by atoms with Crippen LogP contribution in [0.2, 0.25) is 0 Å². The van der Waals surface area contributed by atoms with Gasteiger partial charge < -0.3 is 10.5 Å². The van der Waals surface area contributed by atoms with Crippen LogP contribution in [0.25, 0.3) is 0 Å². The van der Waals surface area contributed by atoms with Crippen LogP contribution in [0.1, 0.15) is 18.5 Å². The molecule has 0 radical (unpaired) electrons. The Morgan fingerprint density at radius 2 is 2.26 bits per heavy atom. The van der Waals surface area contributed by atoms with Crippen molar-refractivity contribution in [1.29, 1.82) is 0 Å². The predicted molar refractivity (Wildman–Crippen MR) is 75.7 cm³/mol. The molecule has 19 heavy (non-hydrogen) atoms. The van der Waals surface area contributed by atoms with E-state index in [0.29, 0.717) is 17.8 Å². The molecule has 1 aliphatic carbocycles. The zero-order valence-electron chi connectivity index (χ0n) is 10.6. The minimum atomic E-state index is -3.23. The molecule has 0 bridgehead atoms. The predicted octanol–water partition coefficient (Wildman–Crippen LogP) is 0.881. The smallest absolute Gasteiger partial charge is 0.235 e. The second-order valence-electron chi connectivity index (χ2n) is 4.36. The Balaban J connectivity index is 0.00000180. The molecule has 0 aliphatic heterocycles. The fourth-order valence-electron chi connectivity index (χ4n) is 1.57. The summed E-state index contributed by atoms with van der Waals surface area (Å²) in [5.74, 6) is 0. The highest BCUT2D eigenvalue weighted by Gasteiger charge is 2.35. The molecule has 0 spiro atoms. The molecule has 0 unspecified atom stereocenters. The lowest BCUT2D eigenvalue weighted by Crippen LogP contribution is -2.25. The van der Waals surface area contributed by atoms with E-state index < -0.39 is 16.3 Å². The number of aromatic nitrogens is 1. The number of nitrogens with zero attached hydrogens (tertiary/aromatic N) is 1. The topological polar surface area (TPSA) is 94.3 Å². The Labute approximate surface area is 119 Å². The van der Waals surface area contributed by atoms with Gasteiger partial charge in [-0.2, -0.15) is 0 Å². The number of methoxy groups -OCH3 is 1. The SMILES string of the molecule is CO[C@H](N)Cc1cc(NS(=O)(=O)C2CC2)ccn1.Cl. The van der Waals surface area contributed by atoms with Crippen molar-refractivity contribution in [3.8, 4) is 0 Å². The number of halogens is 1. The maximum absolute atomic E-state index is 11.8. The van der Waals surface area contributed by atoms with Crippen LogP contribution in [0.15, 0.2) is 18.3 Å². The van der Waals surface area contributed by atoms with E-state index in [0.717, 1.165) is 12.8 Å². The number of hydrogen-bond donors (Lipinski definition) is 2. The summed E-state index contributed by atoms with van der Waals surface area (Å²) in [6, 6.07) is 3.31. The van der Waals surface area contributed by atoms with Gasteiger partial charge in [0.25, 0.3) is 0 Å². The van der Waals surface area contributed by atoms with E-state index in [4.69, 9.17) is 10.5 Å². The summed E-state index contributed by atoms with van der Waals surface area (Å²) in [5.41, 5.74) is 6.86. The number of pyridine rings is 1. The number of rotatable bonds is 6. The fraction of sp³-hybridized carbons (Fsp3) is 0.545. The zero-order chi connectivity index (χ0) is 13.2. The van der Waals surface area contributed by atoms with Gasteiger partial charge in [-0.15, -0.1) is 12.4 Å². The molecule has 1 heterocycles. The summed E-state index contributed by atoms with van der Waals surface area (Å²) in [5, 5.41) is -0.240. The van der Waals surface area contributed by atoms with Crippen molar-refractivity contribution in [2.45, 2.75) is 30.7 Å². The lowest BCUT2D eigenvalue weighted by atomic mass is 10.2. The van der Waals surface area contributed by atoms with Crippen LogP contribution in [0, 0.1) is 0 Å². The lowest BCUT2D eigenvalue weighted by Gasteiger charge is -2.11. The van der Waals surface area contributed by atoms with Crippen LogP contribution in [-0.2, 0) is 21.2 Å². The molecule has 1 aromatic rings. The van der Waals surface area contributed by atoms with E-state index in [2.05, 4.69) is 9.71 Å². The molecule has 8 heteroatoms. The van der Waals surface area contributed by atoms with Gasteiger partial charge in [0.05, 0.1) is 10.9 Å². The monoisotopic (exact) mass is 307 g/mol. The van der Waals surface area contributed by atoms with Crippen molar-refractivity contribution in [2.75, 3.05) is 11.8 Å². The van der Waals surface area contributed by atoms with Crippen molar-refractivity contribution >= 4 is 28.1 Å². The standard InChI is InChI=1S/C11H17N3O3S.ClH/c1-17-11(12)7-9-6-8(4-5-13-9)14-18(15,16)10-2-3-10;/h4-6,10-11H,2-3,7,12H2,1H3,(H,13,14);1H/t11-;/m0./s1. The molecule has 0 aromatic carbocycles. The molecule has 1 atom stereocenters. The second kappa shape index (κ2) is 6.51. The zero-order valence-corrected chi connectivity index (χ0v) is 12.2. The minimum absolute atomic E-state index is 0. The van der Waals surface area contributed by atoms with Gasteiger partial charge in [0.2, 0.25) is 10.0 Å². The van der Waals surface area contributed by atoms with Gasteiger partial charge in [-0.3, -0.25) is 9.71 Å². The molecule has 1 saturated carbocycles. The summed E-state index contributed by atoms with van der Waals surface area (Å²) >= 11 is 0. The van der Waals surface area contributed by atoms with Gasteiger partial charge in [0.1, 0.15) is 6.23 Å². The lowest BCUT2D eigenvalue weighted by molar-refractivity contribution is 0.108. The first-order chi connectivity index (χ1) is 8.51. The van der Waals surface area contributed by atoms with E-state index in [-0.39, 0.29) is 17.7 Å². The third kappa shape index (κ3) is 4.61. The first-order valence-corrected chi connectivity index (χ1v) is 7.31. The average Bonchev–Trinajstić information content (AvgIpc) is 3.12. The van der Waals surface area contributed by atoms with Gasteiger partial charge >= 0.3 is 0 Å². The first-order valence-electron chi connectivity index (χ1n) is 5.76. The third-order valence-electron chi connectivity index (χ3n) is 2.75. The molecule has 0 amide bonds. The molecular weight excluding hydrogens is 290 g/mol. The van der Waals surface area contributed by atoms with E-state index in [1.54, 1.807) is 18.3 Å². The van der Waals surface area contributed by atoms with Gasteiger partial charge in [0, 0.05) is 25.4 Å². The number of nitrogens with one attached hydrogen (secondary N) is 1. The van der Waals surface area contributed by atoms with Crippen molar-refractivity contribution in [1.82, 2.24) is 4.98 Å². The van der Waals surface area contributed by atoms with Crippen LogP contribution in [0.3, 0.4) is 0 Å². The molecule has 3 N–H and O–H groups in total. The van der Waals surface area contributed by atoms with Crippen molar-refractivity contribution < 1.29 is 13.2 Å². The van der Waals surface area contributed by atoms with Gasteiger partial charge in [0.15, 0.2) is 0 Å². The molecular formula is C11H18ClN3O3S. The van der Waals surface area contributed by atoms with Crippen LogP contribution in [-0.4, -0.2) is 32.0 Å². The minimum Gasteiger partial charge on any atom is -0.366 e. The summed E-state index contributed by atoms with van der Waals surface area (Å²) in [4.78, 5) is 4.12. The van der Waals surface area contributed by atoms with Gasteiger partial charge in [-0.05, 0) is 25.0 Å². The third-order valence-corrected chi connectivity index (χ3v) is 4.62. The molecule has 1 aromatic heterocycles. The van der Waals surface area contributed by atoms with Crippen molar-refractivity contribution in [3.05, 3.63) is 24.0 Å². The Kier molecular flexibility index (Phi) is 5.54.